The molecule has 0 aromatic heterocycles. The van der Waals surface area contributed by atoms with Crippen LogP contribution in [0.4, 0.5) is 0 Å². The number of ether oxygens (including phenoxy) is 1. The van der Waals surface area contributed by atoms with Crippen molar-refractivity contribution in [2.45, 2.75) is 15.6 Å². The standard InChI is InChI=1S/C19H19I2N5O2S/c20-15-3-1-2-4-16(15)29-12-18(27)26(11-17(21)28-19(23)25-24)10-14-7-5-13(9-22)6-8-14/h1-8,17H,10-12,24H2,(H2,23,25). The highest BCUT2D eigenvalue weighted by atomic mass is 127. The summed E-state index contributed by atoms with van der Waals surface area (Å²) in [5.41, 5.74) is 7.01. The lowest BCUT2D eigenvalue weighted by Crippen LogP contribution is -2.38. The Morgan fingerprint density at radius 2 is 1.97 bits per heavy atom. The molecule has 0 radical (unpaired) electrons. The van der Waals surface area contributed by atoms with E-state index in [2.05, 4.69) is 33.8 Å². The lowest BCUT2D eigenvalue weighted by molar-refractivity contribution is -0.129. The number of carbonyl (C=O) groups is 1. The van der Waals surface area contributed by atoms with Gasteiger partial charge in [-0.05, 0) is 75.0 Å². The Morgan fingerprint density at radius 1 is 1.28 bits per heavy atom. The van der Waals surface area contributed by atoms with Crippen LogP contribution < -0.4 is 11.6 Å². The Kier molecular flexibility index (Phi) is 9.82. The van der Waals surface area contributed by atoms with Gasteiger partial charge in [0.05, 0.1) is 23.9 Å². The zero-order chi connectivity index (χ0) is 21.2. The number of benzene rings is 2. The monoisotopic (exact) mass is 635 g/mol. The largest absolute Gasteiger partial charge is 0.448 e. The molecule has 0 aliphatic carbocycles. The van der Waals surface area contributed by atoms with Crippen molar-refractivity contribution in [2.24, 2.45) is 16.7 Å². The number of hydrogen-bond donors (Lipinski definition) is 2. The molecule has 7 nitrogen and oxygen atoms in total. The van der Waals surface area contributed by atoms with Crippen LogP contribution in [0.5, 0.6) is 0 Å². The maximum atomic E-state index is 13.0. The second-order valence-electron chi connectivity index (χ2n) is 5.80. The van der Waals surface area contributed by atoms with Crippen LogP contribution in [-0.2, 0) is 16.1 Å². The Hall–Kier alpha value is -1.72. The van der Waals surface area contributed by atoms with Crippen molar-refractivity contribution in [2.75, 3.05) is 12.3 Å². The van der Waals surface area contributed by atoms with E-state index in [1.54, 1.807) is 17.0 Å². The summed E-state index contributed by atoms with van der Waals surface area (Å²) in [4.78, 5) is 15.7. The quantitative estimate of drug-likeness (QED) is 0.0876. The summed E-state index contributed by atoms with van der Waals surface area (Å²) in [6.45, 7) is 0.696. The lowest BCUT2D eigenvalue weighted by Gasteiger charge is -2.25. The van der Waals surface area contributed by atoms with Crippen LogP contribution in [0, 0.1) is 14.9 Å². The summed E-state index contributed by atoms with van der Waals surface area (Å²) in [5, 5.41) is 12.3. The number of nitrogens with zero attached hydrogens (tertiary/aromatic N) is 3. The molecule has 0 saturated heterocycles. The highest BCUT2D eigenvalue weighted by Gasteiger charge is 2.20. The van der Waals surface area contributed by atoms with E-state index >= 15 is 0 Å². The zero-order valence-electron chi connectivity index (χ0n) is 15.3. The number of nitriles is 1. The van der Waals surface area contributed by atoms with Gasteiger partial charge in [0.1, 0.15) is 0 Å². The third-order valence-corrected chi connectivity index (χ3v) is 6.75. The summed E-state index contributed by atoms with van der Waals surface area (Å²) in [6, 6.07) is 17.0. The minimum absolute atomic E-state index is 0.0347. The molecule has 2 rings (SSSR count). The van der Waals surface area contributed by atoms with Gasteiger partial charge in [-0.1, -0.05) is 24.3 Å². The summed E-state index contributed by atoms with van der Waals surface area (Å²) in [7, 11) is 0. The molecule has 0 bridgehead atoms. The molecule has 0 fully saturated rings. The van der Waals surface area contributed by atoms with E-state index in [1.807, 2.05) is 59.0 Å². The second-order valence-corrected chi connectivity index (χ2v) is 9.37. The van der Waals surface area contributed by atoms with E-state index in [1.165, 1.54) is 11.8 Å². The van der Waals surface area contributed by atoms with E-state index in [9.17, 15) is 4.79 Å². The first-order chi connectivity index (χ1) is 13.9. The number of amides is 1. The highest BCUT2D eigenvalue weighted by Crippen LogP contribution is 2.24. The van der Waals surface area contributed by atoms with Gasteiger partial charge < -0.3 is 21.2 Å². The molecule has 4 N–H and O–H groups in total. The molecule has 1 atom stereocenters. The fourth-order valence-corrected chi connectivity index (χ4v) is 4.76. The number of nitrogens with two attached hydrogens (primary N) is 2. The molecule has 0 heterocycles. The van der Waals surface area contributed by atoms with Gasteiger partial charge in [-0.15, -0.1) is 16.9 Å². The lowest BCUT2D eigenvalue weighted by atomic mass is 10.1. The number of rotatable bonds is 8. The maximum Gasteiger partial charge on any atom is 0.304 e. The van der Waals surface area contributed by atoms with Crippen LogP contribution >= 0.6 is 56.9 Å². The smallest absolute Gasteiger partial charge is 0.304 e. The van der Waals surface area contributed by atoms with E-state index in [0.717, 1.165) is 14.0 Å². The molecule has 0 aliphatic rings. The zero-order valence-corrected chi connectivity index (χ0v) is 20.4. The minimum atomic E-state index is -0.413. The average Bonchev–Trinajstić information content (AvgIpc) is 2.72. The molecule has 1 unspecified atom stereocenters. The number of thioether (sulfide) groups is 1. The van der Waals surface area contributed by atoms with Crippen molar-refractivity contribution in [3.63, 3.8) is 0 Å². The molecule has 2 aromatic rings. The van der Waals surface area contributed by atoms with Crippen molar-refractivity contribution in [3.8, 4) is 6.07 Å². The number of carbonyl (C=O) groups excluding carboxylic acids is 1. The summed E-state index contributed by atoms with van der Waals surface area (Å²) in [5.74, 6) is 5.37. The van der Waals surface area contributed by atoms with E-state index in [0.29, 0.717) is 24.4 Å². The molecule has 0 saturated carbocycles. The number of alkyl halides is 1. The van der Waals surface area contributed by atoms with Crippen molar-refractivity contribution in [1.82, 2.24) is 4.90 Å². The molecule has 29 heavy (non-hydrogen) atoms. The molecule has 0 aliphatic heterocycles. The summed E-state index contributed by atoms with van der Waals surface area (Å²) < 4.78 is 6.07. The van der Waals surface area contributed by atoms with Crippen molar-refractivity contribution >= 4 is 68.9 Å². The third-order valence-electron chi connectivity index (χ3n) is 3.74. The molecule has 1 amide bonds. The number of halogens is 2. The van der Waals surface area contributed by atoms with Crippen molar-refractivity contribution in [3.05, 3.63) is 63.2 Å². The van der Waals surface area contributed by atoms with Crippen molar-refractivity contribution in [1.29, 1.82) is 5.26 Å². The summed E-state index contributed by atoms with van der Waals surface area (Å²) >= 11 is 5.79. The fourth-order valence-electron chi connectivity index (χ4n) is 2.32. The Bertz CT molecular complexity index is 902. The SMILES string of the molecule is N#Cc1ccc(CN(CC(I)O/C(N)=N\N)C(=O)CSc2ccccc2I)cc1. The van der Waals surface area contributed by atoms with Crippen LogP contribution in [0.15, 0.2) is 58.5 Å². The second kappa shape index (κ2) is 12.1. The predicted octanol–water partition coefficient (Wildman–Crippen LogP) is 3.25. The van der Waals surface area contributed by atoms with E-state index < -0.39 is 4.11 Å². The highest BCUT2D eigenvalue weighted by molar-refractivity contribution is 14.1. The maximum absolute atomic E-state index is 13.0. The van der Waals surface area contributed by atoms with Gasteiger partial charge in [0.25, 0.3) is 0 Å². The number of hydrogen-bond acceptors (Lipinski definition) is 6. The first-order valence-corrected chi connectivity index (χ1v) is 11.7. The van der Waals surface area contributed by atoms with Crippen LogP contribution in [0.2, 0.25) is 0 Å². The fraction of sp³-hybridized carbons (Fsp3) is 0.211. The average molecular weight is 635 g/mol. The Morgan fingerprint density at radius 3 is 2.59 bits per heavy atom. The van der Waals surface area contributed by atoms with Gasteiger partial charge in [0.15, 0.2) is 4.11 Å². The van der Waals surface area contributed by atoms with Gasteiger partial charge >= 0.3 is 6.02 Å². The normalized spacial score (nSPS) is 12.1. The molecular formula is C19H19I2N5O2S. The molecule has 10 heteroatoms. The van der Waals surface area contributed by atoms with E-state index in [-0.39, 0.29) is 11.9 Å². The van der Waals surface area contributed by atoms with Crippen LogP contribution in [0.3, 0.4) is 0 Å². The van der Waals surface area contributed by atoms with Gasteiger partial charge in [0, 0.05) is 15.0 Å². The minimum Gasteiger partial charge on any atom is -0.448 e. The molecule has 2 aromatic carbocycles. The van der Waals surface area contributed by atoms with Gasteiger partial charge in [0.2, 0.25) is 5.91 Å². The first-order valence-electron chi connectivity index (χ1n) is 8.41. The molecule has 152 valence electrons. The third kappa shape index (κ3) is 7.90. The topological polar surface area (TPSA) is 118 Å². The number of amidine groups is 1. The Labute approximate surface area is 201 Å². The predicted molar refractivity (Wildman–Crippen MR) is 131 cm³/mol. The van der Waals surface area contributed by atoms with Crippen molar-refractivity contribution < 1.29 is 9.53 Å². The van der Waals surface area contributed by atoms with Gasteiger partial charge in [-0.3, -0.25) is 4.79 Å². The Balaban J connectivity index is 2.10. The molecule has 0 spiro atoms. The van der Waals surface area contributed by atoms with Crippen LogP contribution in [0.25, 0.3) is 0 Å². The first kappa shape index (κ1) is 23.6. The van der Waals surface area contributed by atoms with Gasteiger partial charge in [-0.25, -0.2) is 0 Å². The van der Waals surface area contributed by atoms with E-state index in [4.69, 9.17) is 21.6 Å². The molecular weight excluding hydrogens is 616 g/mol. The summed E-state index contributed by atoms with van der Waals surface area (Å²) in [6.07, 6.45) is 0. The van der Waals surface area contributed by atoms with Crippen LogP contribution in [0.1, 0.15) is 11.1 Å². The van der Waals surface area contributed by atoms with Gasteiger partial charge in [-0.2, -0.15) is 5.26 Å². The number of hydrazone groups is 1. The van der Waals surface area contributed by atoms with Crippen LogP contribution in [-0.4, -0.2) is 33.2 Å².